The van der Waals surface area contributed by atoms with Gasteiger partial charge in [-0.1, -0.05) is 13.8 Å². The monoisotopic (exact) mass is 270 g/mol. The molecule has 5 heteroatoms. The lowest BCUT2D eigenvalue weighted by atomic mass is 9.95. The van der Waals surface area contributed by atoms with E-state index in [0.717, 1.165) is 32.2 Å². The summed E-state index contributed by atoms with van der Waals surface area (Å²) >= 11 is 0. The zero-order chi connectivity index (χ0) is 14.3. The molecule has 110 valence electrons. The zero-order valence-corrected chi connectivity index (χ0v) is 12.0. The van der Waals surface area contributed by atoms with E-state index >= 15 is 0 Å². The molecular formula is C14H26N2O3. The first kappa shape index (κ1) is 15.8. The third-order valence-corrected chi connectivity index (χ3v) is 3.58. The molecule has 0 saturated carbocycles. The van der Waals surface area contributed by atoms with Gasteiger partial charge < -0.3 is 15.3 Å². The van der Waals surface area contributed by atoms with Crippen molar-refractivity contribution in [2.75, 3.05) is 13.1 Å². The number of nitrogens with one attached hydrogen (secondary N) is 1. The number of rotatable bonds is 6. The normalized spacial score (nSPS) is 19.5. The molecule has 1 unspecified atom stereocenters. The Labute approximate surface area is 115 Å². The fourth-order valence-electron chi connectivity index (χ4n) is 2.47. The number of nitrogens with zero attached hydrogens (tertiary/aromatic N) is 1. The average molecular weight is 270 g/mol. The van der Waals surface area contributed by atoms with Crippen LogP contribution in [0, 0.1) is 5.92 Å². The number of carboxylic acid groups (broad SMARTS) is 1. The Bertz CT molecular complexity index is 305. The molecule has 0 aromatic heterocycles. The minimum atomic E-state index is -0.879. The number of amides is 2. The fourth-order valence-corrected chi connectivity index (χ4v) is 2.47. The summed E-state index contributed by atoms with van der Waals surface area (Å²) in [6, 6.07) is 0.218. The predicted molar refractivity (Wildman–Crippen MR) is 74.1 cm³/mol. The van der Waals surface area contributed by atoms with Gasteiger partial charge in [0.1, 0.15) is 0 Å². The van der Waals surface area contributed by atoms with Crippen LogP contribution < -0.4 is 5.32 Å². The van der Waals surface area contributed by atoms with Crippen molar-refractivity contribution in [3.8, 4) is 0 Å². The van der Waals surface area contributed by atoms with Crippen molar-refractivity contribution in [3.05, 3.63) is 0 Å². The summed E-state index contributed by atoms with van der Waals surface area (Å²) in [6.07, 6.45) is 5.45. The fraction of sp³-hybridized carbons (Fsp3) is 0.857. The average Bonchev–Trinajstić information content (AvgIpc) is 2.36. The van der Waals surface area contributed by atoms with Crippen LogP contribution >= 0.6 is 0 Å². The standard InChI is InChI=1S/C14H26N2O3/c1-11(2)6-7-12-5-3-4-10-16(12)14(19)15-9-8-13(17)18/h11-12H,3-10H2,1-2H3,(H,15,19)(H,17,18). The summed E-state index contributed by atoms with van der Waals surface area (Å²) in [5.74, 6) is -0.228. The first-order chi connectivity index (χ1) is 9.00. The maximum absolute atomic E-state index is 12.1. The highest BCUT2D eigenvalue weighted by Gasteiger charge is 2.26. The van der Waals surface area contributed by atoms with Crippen molar-refractivity contribution in [2.24, 2.45) is 5.92 Å². The number of hydrogen-bond acceptors (Lipinski definition) is 2. The molecule has 1 saturated heterocycles. The minimum absolute atomic E-state index is 0.0176. The van der Waals surface area contributed by atoms with E-state index in [1.54, 1.807) is 0 Å². The third-order valence-electron chi connectivity index (χ3n) is 3.58. The van der Waals surface area contributed by atoms with E-state index in [1.807, 2.05) is 4.90 Å². The van der Waals surface area contributed by atoms with Gasteiger partial charge in [0.15, 0.2) is 0 Å². The summed E-state index contributed by atoms with van der Waals surface area (Å²) in [7, 11) is 0. The van der Waals surface area contributed by atoms with Gasteiger partial charge in [-0.15, -0.1) is 0 Å². The Morgan fingerprint density at radius 1 is 1.37 bits per heavy atom. The lowest BCUT2D eigenvalue weighted by molar-refractivity contribution is -0.136. The van der Waals surface area contributed by atoms with Gasteiger partial charge in [0.05, 0.1) is 6.42 Å². The molecule has 1 aliphatic rings. The molecule has 5 nitrogen and oxygen atoms in total. The van der Waals surface area contributed by atoms with Crippen LogP contribution in [-0.4, -0.2) is 41.1 Å². The number of likely N-dealkylation sites (tertiary alicyclic amines) is 1. The van der Waals surface area contributed by atoms with Crippen LogP contribution in [0.3, 0.4) is 0 Å². The van der Waals surface area contributed by atoms with Gasteiger partial charge in [0, 0.05) is 19.1 Å². The highest BCUT2D eigenvalue weighted by atomic mass is 16.4. The van der Waals surface area contributed by atoms with Crippen LogP contribution in [-0.2, 0) is 4.79 Å². The Balaban J connectivity index is 2.41. The summed E-state index contributed by atoms with van der Waals surface area (Å²) in [5, 5.41) is 11.3. The topological polar surface area (TPSA) is 69.6 Å². The van der Waals surface area contributed by atoms with Gasteiger partial charge in [-0.3, -0.25) is 4.79 Å². The second kappa shape index (κ2) is 8.02. The molecule has 0 aromatic carbocycles. The van der Waals surface area contributed by atoms with Crippen molar-refractivity contribution in [3.63, 3.8) is 0 Å². The Morgan fingerprint density at radius 2 is 2.11 bits per heavy atom. The molecule has 0 spiro atoms. The molecule has 2 amide bonds. The summed E-state index contributed by atoms with van der Waals surface area (Å²) < 4.78 is 0. The van der Waals surface area contributed by atoms with E-state index in [-0.39, 0.29) is 19.0 Å². The molecule has 1 atom stereocenters. The molecule has 1 fully saturated rings. The van der Waals surface area contributed by atoms with E-state index in [1.165, 1.54) is 6.42 Å². The number of piperidine rings is 1. The lowest BCUT2D eigenvalue weighted by Gasteiger charge is -2.36. The molecule has 0 bridgehead atoms. The Morgan fingerprint density at radius 3 is 2.74 bits per heavy atom. The molecule has 1 aliphatic heterocycles. The van der Waals surface area contributed by atoms with Crippen molar-refractivity contribution >= 4 is 12.0 Å². The largest absolute Gasteiger partial charge is 0.481 e. The number of urea groups is 1. The van der Waals surface area contributed by atoms with Crippen molar-refractivity contribution in [1.29, 1.82) is 0 Å². The third kappa shape index (κ3) is 5.94. The number of carbonyl (C=O) groups excluding carboxylic acids is 1. The minimum Gasteiger partial charge on any atom is -0.481 e. The highest BCUT2D eigenvalue weighted by molar-refractivity contribution is 5.75. The van der Waals surface area contributed by atoms with E-state index in [9.17, 15) is 9.59 Å². The first-order valence-corrected chi connectivity index (χ1v) is 7.27. The van der Waals surface area contributed by atoms with Crippen LogP contribution in [0.2, 0.25) is 0 Å². The molecule has 2 N–H and O–H groups in total. The smallest absolute Gasteiger partial charge is 0.317 e. The second-order valence-electron chi connectivity index (χ2n) is 5.69. The van der Waals surface area contributed by atoms with Crippen molar-refractivity contribution in [2.45, 2.75) is 58.4 Å². The summed E-state index contributed by atoms with van der Waals surface area (Å²) in [6.45, 7) is 5.39. The Kier molecular flexibility index (Phi) is 6.67. The predicted octanol–water partition coefficient (Wildman–Crippen LogP) is 2.46. The van der Waals surface area contributed by atoms with Crippen LogP contribution in [0.4, 0.5) is 4.79 Å². The highest BCUT2D eigenvalue weighted by Crippen LogP contribution is 2.22. The summed E-state index contributed by atoms with van der Waals surface area (Å²) in [4.78, 5) is 24.4. The molecule has 1 heterocycles. The van der Waals surface area contributed by atoms with E-state index in [2.05, 4.69) is 19.2 Å². The maximum Gasteiger partial charge on any atom is 0.317 e. The van der Waals surface area contributed by atoms with Crippen LogP contribution in [0.15, 0.2) is 0 Å². The van der Waals surface area contributed by atoms with Gasteiger partial charge in [0.2, 0.25) is 0 Å². The quantitative estimate of drug-likeness (QED) is 0.779. The number of carbonyl (C=O) groups is 2. The zero-order valence-electron chi connectivity index (χ0n) is 12.0. The van der Waals surface area contributed by atoms with E-state index < -0.39 is 5.97 Å². The van der Waals surface area contributed by atoms with Gasteiger partial charge >= 0.3 is 12.0 Å². The SMILES string of the molecule is CC(C)CCC1CCCCN1C(=O)NCCC(=O)O. The van der Waals surface area contributed by atoms with Gasteiger partial charge in [-0.05, 0) is 38.0 Å². The van der Waals surface area contributed by atoms with Crippen LogP contribution in [0.1, 0.15) is 52.4 Å². The van der Waals surface area contributed by atoms with E-state index in [4.69, 9.17) is 5.11 Å². The Hall–Kier alpha value is -1.26. The van der Waals surface area contributed by atoms with Gasteiger partial charge in [-0.25, -0.2) is 4.79 Å². The van der Waals surface area contributed by atoms with Crippen LogP contribution in [0.5, 0.6) is 0 Å². The second-order valence-corrected chi connectivity index (χ2v) is 5.69. The molecule has 0 radical (unpaired) electrons. The molecule has 0 aliphatic carbocycles. The summed E-state index contributed by atoms with van der Waals surface area (Å²) in [5.41, 5.74) is 0. The first-order valence-electron chi connectivity index (χ1n) is 7.27. The molecule has 0 aromatic rings. The number of aliphatic carboxylic acids is 1. The molecular weight excluding hydrogens is 244 g/mol. The van der Waals surface area contributed by atoms with Crippen LogP contribution in [0.25, 0.3) is 0 Å². The molecule has 1 rings (SSSR count). The maximum atomic E-state index is 12.1. The number of hydrogen-bond donors (Lipinski definition) is 2. The van der Waals surface area contributed by atoms with Gasteiger partial charge in [0.25, 0.3) is 0 Å². The van der Waals surface area contributed by atoms with Gasteiger partial charge in [-0.2, -0.15) is 0 Å². The molecule has 19 heavy (non-hydrogen) atoms. The van der Waals surface area contributed by atoms with E-state index in [0.29, 0.717) is 12.0 Å². The lowest BCUT2D eigenvalue weighted by Crippen LogP contribution is -2.49. The number of carboxylic acids is 1. The van der Waals surface area contributed by atoms with Crippen molar-refractivity contribution < 1.29 is 14.7 Å². The van der Waals surface area contributed by atoms with Crippen molar-refractivity contribution in [1.82, 2.24) is 10.2 Å².